The summed E-state index contributed by atoms with van der Waals surface area (Å²) in [5.74, 6) is -0.905. The summed E-state index contributed by atoms with van der Waals surface area (Å²) in [5, 5.41) is 9.41. The van der Waals surface area contributed by atoms with Gasteiger partial charge in [-0.25, -0.2) is 0 Å². The maximum Gasteiger partial charge on any atom is 0.323 e. The molecule has 1 N–H and O–H groups in total. The first-order chi connectivity index (χ1) is 9.31. The van der Waals surface area contributed by atoms with E-state index in [4.69, 9.17) is 21.4 Å². The van der Waals surface area contributed by atoms with Crippen LogP contribution in [-0.4, -0.2) is 40.6 Å². The number of amides is 1. The van der Waals surface area contributed by atoms with Crippen molar-refractivity contribution in [3.05, 3.63) is 29.3 Å². The lowest BCUT2D eigenvalue weighted by Gasteiger charge is -2.28. The molecule has 5 nitrogen and oxygen atoms in total. The molecule has 0 heterocycles. The van der Waals surface area contributed by atoms with Crippen LogP contribution >= 0.6 is 11.6 Å². The van der Waals surface area contributed by atoms with Crippen LogP contribution in [0.5, 0.6) is 5.75 Å². The first-order valence-electron chi connectivity index (χ1n) is 6.25. The van der Waals surface area contributed by atoms with Crippen LogP contribution in [0.2, 0.25) is 5.02 Å². The fourth-order valence-corrected chi connectivity index (χ4v) is 1.79. The number of carboxylic acids is 1. The second-order valence-electron chi connectivity index (χ2n) is 4.67. The maximum absolute atomic E-state index is 12.2. The van der Waals surface area contributed by atoms with Gasteiger partial charge in [-0.3, -0.25) is 9.59 Å². The van der Waals surface area contributed by atoms with Crippen LogP contribution in [0.15, 0.2) is 24.3 Å². The number of hydrogen-bond donors (Lipinski definition) is 1. The first-order valence-corrected chi connectivity index (χ1v) is 6.63. The van der Waals surface area contributed by atoms with Crippen LogP contribution in [0, 0.1) is 0 Å². The van der Waals surface area contributed by atoms with Gasteiger partial charge in [0.05, 0.1) is 0 Å². The lowest BCUT2D eigenvalue weighted by Crippen LogP contribution is -2.46. The number of rotatable bonds is 6. The van der Waals surface area contributed by atoms with E-state index in [-0.39, 0.29) is 18.5 Å². The van der Waals surface area contributed by atoms with Gasteiger partial charge in [-0.1, -0.05) is 11.6 Å². The van der Waals surface area contributed by atoms with Crippen LogP contribution < -0.4 is 4.74 Å². The molecule has 1 aromatic rings. The number of ether oxygens (including phenoxy) is 1. The lowest BCUT2D eigenvalue weighted by molar-refractivity contribution is -0.149. The van der Waals surface area contributed by atoms with E-state index in [1.165, 1.54) is 4.90 Å². The number of aliphatic carboxylic acids is 1. The molecule has 0 bridgehead atoms. The van der Waals surface area contributed by atoms with Gasteiger partial charge in [0.15, 0.2) is 6.10 Å². The SMILES string of the molecule is CC(Oc1ccc(Cl)cc1)C(=O)N(CC(=O)O)C(C)C. The monoisotopic (exact) mass is 299 g/mol. The zero-order valence-electron chi connectivity index (χ0n) is 11.7. The molecule has 6 heteroatoms. The molecule has 1 rings (SSSR count). The summed E-state index contributed by atoms with van der Waals surface area (Å²) < 4.78 is 5.50. The number of carbonyl (C=O) groups excluding carboxylic acids is 1. The number of halogens is 1. The van der Waals surface area contributed by atoms with E-state index >= 15 is 0 Å². The van der Waals surface area contributed by atoms with E-state index < -0.39 is 12.1 Å². The van der Waals surface area contributed by atoms with Gasteiger partial charge in [0.1, 0.15) is 12.3 Å². The Morgan fingerprint density at radius 3 is 2.25 bits per heavy atom. The fraction of sp³-hybridized carbons (Fsp3) is 0.429. The molecule has 0 radical (unpaired) electrons. The van der Waals surface area contributed by atoms with Gasteiger partial charge in [-0.15, -0.1) is 0 Å². The van der Waals surface area contributed by atoms with E-state index in [0.29, 0.717) is 10.8 Å². The number of benzene rings is 1. The summed E-state index contributed by atoms with van der Waals surface area (Å²) in [6.07, 6.45) is -0.766. The molecule has 0 aromatic heterocycles. The first kappa shape index (κ1) is 16.3. The molecular formula is C14H18ClNO4. The summed E-state index contributed by atoms with van der Waals surface area (Å²) >= 11 is 5.76. The molecule has 1 aromatic carbocycles. The van der Waals surface area contributed by atoms with E-state index in [1.807, 2.05) is 0 Å². The Labute approximate surface area is 123 Å². The molecule has 1 unspecified atom stereocenters. The highest BCUT2D eigenvalue weighted by Crippen LogP contribution is 2.17. The Bertz CT molecular complexity index is 473. The van der Waals surface area contributed by atoms with Gasteiger partial charge in [0.25, 0.3) is 5.91 Å². The molecule has 20 heavy (non-hydrogen) atoms. The Morgan fingerprint density at radius 2 is 1.80 bits per heavy atom. The average Bonchev–Trinajstić information content (AvgIpc) is 2.37. The van der Waals surface area contributed by atoms with E-state index in [9.17, 15) is 9.59 Å². The molecule has 0 saturated heterocycles. The van der Waals surface area contributed by atoms with Gasteiger partial charge < -0.3 is 14.7 Å². The zero-order valence-corrected chi connectivity index (χ0v) is 12.4. The third-order valence-electron chi connectivity index (χ3n) is 2.69. The van der Waals surface area contributed by atoms with Gasteiger partial charge in [0.2, 0.25) is 0 Å². The Morgan fingerprint density at radius 1 is 1.25 bits per heavy atom. The minimum absolute atomic E-state index is 0.213. The third-order valence-corrected chi connectivity index (χ3v) is 2.94. The van der Waals surface area contributed by atoms with Crippen molar-refractivity contribution < 1.29 is 19.4 Å². The van der Waals surface area contributed by atoms with Crippen molar-refractivity contribution in [1.82, 2.24) is 4.90 Å². The summed E-state index contributed by atoms with van der Waals surface area (Å²) in [6.45, 7) is 4.77. The Kier molecular flexibility index (Phi) is 5.82. The smallest absolute Gasteiger partial charge is 0.323 e. The molecule has 0 aliphatic heterocycles. The van der Waals surface area contributed by atoms with Crippen LogP contribution in [0.3, 0.4) is 0 Å². The molecule has 1 amide bonds. The van der Waals surface area contributed by atoms with Gasteiger partial charge >= 0.3 is 5.97 Å². The summed E-state index contributed by atoms with van der Waals surface area (Å²) in [4.78, 5) is 24.3. The topological polar surface area (TPSA) is 66.8 Å². The fourth-order valence-electron chi connectivity index (χ4n) is 1.66. The standard InChI is InChI=1S/C14H18ClNO4/c1-9(2)16(8-13(17)18)14(19)10(3)20-12-6-4-11(15)5-7-12/h4-7,9-10H,8H2,1-3H3,(H,17,18). The van der Waals surface area contributed by atoms with E-state index in [1.54, 1.807) is 45.0 Å². The Balaban J connectivity index is 2.73. The van der Waals surface area contributed by atoms with Crippen LogP contribution in [0.4, 0.5) is 0 Å². The van der Waals surface area contributed by atoms with Crippen molar-refractivity contribution >= 4 is 23.5 Å². The second kappa shape index (κ2) is 7.14. The normalized spacial score (nSPS) is 12.1. The molecule has 0 saturated carbocycles. The Hall–Kier alpha value is -1.75. The van der Waals surface area contributed by atoms with Crippen molar-refractivity contribution in [2.24, 2.45) is 0 Å². The third kappa shape index (κ3) is 4.74. The van der Waals surface area contributed by atoms with Gasteiger partial charge in [0, 0.05) is 11.1 Å². The largest absolute Gasteiger partial charge is 0.481 e. The van der Waals surface area contributed by atoms with Crippen molar-refractivity contribution in [3.63, 3.8) is 0 Å². The average molecular weight is 300 g/mol. The van der Waals surface area contributed by atoms with Crippen molar-refractivity contribution in [3.8, 4) is 5.75 Å². The van der Waals surface area contributed by atoms with Gasteiger partial charge in [-0.2, -0.15) is 0 Å². The second-order valence-corrected chi connectivity index (χ2v) is 5.10. The van der Waals surface area contributed by atoms with Crippen molar-refractivity contribution in [2.75, 3.05) is 6.54 Å². The van der Waals surface area contributed by atoms with Crippen molar-refractivity contribution in [2.45, 2.75) is 32.9 Å². The molecular weight excluding hydrogens is 282 g/mol. The molecule has 0 fully saturated rings. The minimum atomic E-state index is -1.05. The predicted molar refractivity (Wildman–Crippen MR) is 76.0 cm³/mol. The predicted octanol–water partition coefficient (Wildman–Crippen LogP) is 2.43. The molecule has 0 aliphatic carbocycles. The molecule has 1 atom stereocenters. The van der Waals surface area contributed by atoms with E-state index in [0.717, 1.165) is 0 Å². The molecule has 0 aliphatic rings. The molecule has 110 valence electrons. The van der Waals surface area contributed by atoms with Crippen molar-refractivity contribution in [1.29, 1.82) is 0 Å². The molecule has 0 spiro atoms. The van der Waals surface area contributed by atoms with Crippen LogP contribution in [0.1, 0.15) is 20.8 Å². The minimum Gasteiger partial charge on any atom is -0.481 e. The highest BCUT2D eigenvalue weighted by molar-refractivity contribution is 6.30. The van der Waals surface area contributed by atoms with E-state index in [2.05, 4.69) is 0 Å². The number of carbonyl (C=O) groups is 2. The summed E-state index contributed by atoms with van der Waals surface area (Å²) in [6, 6.07) is 6.42. The summed E-state index contributed by atoms with van der Waals surface area (Å²) in [7, 11) is 0. The summed E-state index contributed by atoms with van der Waals surface area (Å²) in [5.41, 5.74) is 0. The highest BCUT2D eigenvalue weighted by atomic mass is 35.5. The number of nitrogens with zero attached hydrogens (tertiary/aromatic N) is 1. The zero-order chi connectivity index (χ0) is 15.3. The number of carboxylic acid groups (broad SMARTS) is 1. The highest BCUT2D eigenvalue weighted by Gasteiger charge is 2.26. The van der Waals surface area contributed by atoms with Gasteiger partial charge in [-0.05, 0) is 45.0 Å². The maximum atomic E-state index is 12.2. The van der Waals surface area contributed by atoms with Crippen LogP contribution in [0.25, 0.3) is 0 Å². The van der Waals surface area contributed by atoms with Crippen LogP contribution in [-0.2, 0) is 9.59 Å². The number of hydrogen-bond acceptors (Lipinski definition) is 3. The quantitative estimate of drug-likeness (QED) is 0.876. The lowest BCUT2D eigenvalue weighted by atomic mass is 10.2.